The molecule has 0 radical (unpaired) electrons. The smallest absolute Gasteiger partial charge is 0.165 e. The van der Waals surface area contributed by atoms with E-state index in [1.807, 2.05) is 39.0 Å². The highest BCUT2D eigenvalue weighted by Gasteiger charge is 2.18. The lowest BCUT2D eigenvalue weighted by Gasteiger charge is -2.27. The average Bonchev–Trinajstić information content (AvgIpc) is 2.52. The van der Waals surface area contributed by atoms with Gasteiger partial charge in [0, 0.05) is 18.7 Å². The number of para-hydroxylation sites is 1. The van der Waals surface area contributed by atoms with Crippen LogP contribution in [0.1, 0.15) is 39.7 Å². The Morgan fingerprint density at radius 1 is 1.17 bits per heavy atom. The first-order chi connectivity index (χ1) is 11.3. The van der Waals surface area contributed by atoms with Gasteiger partial charge in [0.2, 0.25) is 0 Å². The second-order valence-electron chi connectivity index (χ2n) is 6.96. The molecule has 0 bridgehead atoms. The van der Waals surface area contributed by atoms with Gasteiger partial charge in [-0.3, -0.25) is 4.90 Å². The van der Waals surface area contributed by atoms with Gasteiger partial charge in [-0.2, -0.15) is 0 Å². The summed E-state index contributed by atoms with van der Waals surface area (Å²) in [6.45, 7) is 10.6. The van der Waals surface area contributed by atoms with Crippen molar-refractivity contribution in [2.45, 2.75) is 52.4 Å². The number of rotatable bonds is 10. The molecule has 0 aliphatic rings. The fraction of sp³-hybridized carbons (Fsp3) is 0.684. The number of aliphatic hydroxyl groups excluding tert-OH is 1. The zero-order chi connectivity index (χ0) is 18.2. The summed E-state index contributed by atoms with van der Waals surface area (Å²) in [5, 5.41) is 10.3. The lowest BCUT2D eigenvalue weighted by molar-refractivity contribution is -0.0566. The molecule has 1 rings (SSSR count). The molecule has 24 heavy (non-hydrogen) atoms. The van der Waals surface area contributed by atoms with Crippen LogP contribution in [0.2, 0.25) is 0 Å². The van der Waals surface area contributed by atoms with Gasteiger partial charge in [-0.05, 0) is 39.8 Å². The van der Waals surface area contributed by atoms with E-state index >= 15 is 0 Å². The van der Waals surface area contributed by atoms with E-state index in [0.29, 0.717) is 19.7 Å². The lowest BCUT2D eigenvalue weighted by Crippen LogP contribution is -2.37. The molecule has 0 aliphatic heterocycles. The Morgan fingerprint density at radius 2 is 1.88 bits per heavy atom. The van der Waals surface area contributed by atoms with Gasteiger partial charge in [0.25, 0.3) is 0 Å². The predicted molar refractivity (Wildman–Crippen MR) is 96.8 cm³/mol. The van der Waals surface area contributed by atoms with Crippen molar-refractivity contribution >= 4 is 0 Å². The second-order valence-corrected chi connectivity index (χ2v) is 6.96. The number of methoxy groups -OCH3 is 2. The summed E-state index contributed by atoms with van der Waals surface area (Å²) in [6.07, 6.45) is 0.492. The molecule has 0 aliphatic carbocycles. The molecule has 0 spiro atoms. The monoisotopic (exact) mass is 339 g/mol. The van der Waals surface area contributed by atoms with Gasteiger partial charge in [-0.25, -0.2) is 0 Å². The highest BCUT2D eigenvalue weighted by Crippen LogP contribution is 2.31. The third kappa shape index (κ3) is 7.07. The zero-order valence-electron chi connectivity index (χ0n) is 16.0. The van der Waals surface area contributed by atoms with E-state index in [9.17, 15) is 5.11 Å². The van der Waals surface area contributed by atoms with Crippen molar-refractivity contribution in [3.8, 4) is 11.5 Å². The largest absolute Gasteiger partial charge is 0.493 e. The van der Waals surface area contributed by atoms with Crippen LogP contribution in [0.25, 0.3) is 0 Å². The minimum Gasteiger partial charge on any atom is -0.493 e. The standard InChI is InChI=1S/C19H33NO4/c1-7-11-20(13-16(21)14-24-19(2,3)4)12-15-9-8-10-17(22-5)18(15)23-6/h8-10,16,21H,7,11-14H2,1-6H3/t16-/m1/s1. The van der Waals surface area contributed by atoms with Crippen molar-refractivity contribution in [3.63, 3.8) is 0 Å². The van der Waals surface area contributed by atoms with Crippen LogP contribution in [-0.4, -0.2) is 55.6 Å². The molecule has 5 heteroatoms. The van der Waals surface area contributed by atoms with Crippen LogP contribution in [-0.2, 0) is 11.3 Å². The quantitative estimate of drug-likeness (QED) is 0.710. The third-order valence-corrected chi connectivity index (χ3v) is 3.60. The van der Waals surface area contributed by atoms with Gasteiger partial charge in [0.15, 0.2) is 11.5 Å². The molecule has 0 saturated heterocycles. The molecule has 5 nitrogen and oxygen atoms in total. The normalized spacial score (nSPS) is 13.2. The Labute approximate surface area is 146 Å². The minimum atomic E-state index is -0.521. The average molecular weight is 339 g/mol. The Balaban J connectivity index is 2.76. The molecule has 1 aromatic carbocycles. The Bertz CT molecular complexity index is 485. The topological polar surface area (TPSA) is 51.2 Å². The lowest BCUT2D eigenvalue weighted by atomic mass is 10.1. The number of aliphatic hydroxyl groups is 1. The first-order valence-electron chi connectivity index (χ1n) is 8.55. The van der Waals surface area contributed by atoms with Crippen molar-refractivity contribution in [2.75, 3.05) is 33.9 Å². The Morgan fingerprint density at radius 3 is 2.42 bits per heavy atom. The van der Waals surface area contributed by atoms with Crippen LogP contribution < -0.4 is 9.47 Å². The molecular weight excluding hydrogens is 306 g/mol. The maximum absolute atomic E-state index is 10.3. The number of benzene rings is 1. The van der Waals surface area contributed by atoms with Crippen molar-refractivity contribution < 1.29 is 19.3 Å². The molecule has 0 heterocycles. The minimum absolute atomic E-state index is 0.243. The second kappa shape index (κ2) is 9.87. The van der Waals surface area contributed by atoms with E-state index in [1.54, 1.807) is 14.2 Å². The fourth-order valence-electron chi connectivity index (χ4n) is 2.57. The summed E-state index contributed by atoms with van der Waals surface area (Å²) in [7, 11) is 3.29. The SMILES string of the molecule is CCCN(Cc1cccc(OC)c1OC)C[C@@H](O)COC(C)(C)C. The molecule has 0 aromatic heterocycles. The number of hydrogen-bond donors (Lipinski definition) is 1. The highest BCUT2D eigenvalue weighted by molar-refractivity contribution is 5.46. The Kier molecular flexibility index (Phi) is 8.53. The Hall–Kier alpha value is -1.30. The summed E-state index contributed by atoms with van der Waals surface area (Å²) in [6, 6.07) is 5.88. The molecular formula is C19H33NO4. The molecule has 0 amide bonds. The van der Waals surface area contributed by atoms with Crippen LogP contribution in [0.4, 0.5) is 0 Å². The summed E-state index contributed by atoms with van der Waals surface area (Å²) in [5.41, 5.74) is 0.807. The predicted octanol–water partition coefficient (Wildman–Crippen LogP) is 3.09. The highest BCUT2D eigenvalue weighted by atomic mass is 16.5. The van der Waals surface area contributed by atoms with Crippen LogP contribution in [0.5, 0.6) is 11.5 Å². The van der Waals surface area contributed by atoms with Gasteiger partial charge >= 0.3 is 0 Å². The van der Waals surface area contributed by atoms with Gasteiger partial charge in [0.1, 0.15) is 0 Å². The van der Waals surface area contributed by atoms with Crippen molar-refractivity contribution in [1.29, 1.82) is 0 Å². The maximum Gasteiger partial charge on any atom is 0.165 e. The van der Waals surface area contributed by atoms with E-state index < -0.39 is 6.10 Å². The summed E-state index contributed by atoms with van der Waals surface area (Å²) >= 11 is 0. The number of nitrogens with zero attached hydrogens (tertiary/aromatic N) is 1. The van der Waals surface area contributed by atoms with E-state index in [0.717, 1.165) is 30.0 Å². The van der Waals surface area contributed by atoms with Crippen LogP contribution in [0.3, 0.4) is 0 Å². The van der Waals surface area contributed by atoms with E-state index in [1.165, 1.54) is 0 Å². The first-order valence-corrected chi connectivity index (χ1v) is 8.55. The molecule has 1 aromatic rings. The van der Waals surface area contributed by atoms with Crippen LogP contribution in [0, 0.1) is 0 Å². The van der Waals surface area contributed by atoms with Gasteiger partial charge in [-0.1, -0.05) is 19.1 Å². The number of ether oxygens (including phenoxy) is 3. The van der Waals surface area contributed by atoms with E-state index in [2.05, 4.69) is 11.8 Å². The van der Waals surface area contributed by atoms with Gasteiger partial charge in [0.05, 0.1) is 32.5 Å². The van der Waals surface area contributed by atoms with E-state index in [4.69, 9.17) is 14.2 Å². The van der Waals surface area contributed by atoms with Crippen LogP contribution >= 0.6 is 0 Å². The molecule has 0 saturated carbocycles. The molecule has 0 unspecified atom stereocenters. The number of hydrogen-bond acceptors (Lipinski definition) is 5. The van der Waals surface area contributed by atoms with Gasteiger partial charge in [-0.15, -0.1) is 0 Å². The van der Waals surface area contributed by atoms with Crippen molar-refractivity contribution in [1.82, 2.24) is 4.90 Å². The maximum atomic E-state index is 10.3. The molecule has 0 fully saturated rings. The van der Waals surface area contributed by atoms with Gasteiger partial charge < -0.3 is 19.3 Å². The summed E-state index contributed by atoms with van der Waals surface area (Å²) in [5.74, 6) is 1.48. The summed E-state index contributed by atoms with van der Waals surface area (Å²) in [4.78, 5) is 2.22. The fourth-order valence-corrected chi connectivity index (χ4v) is 2.57. The summed E-state index contributed by atoms with van der Waals surface area (Å²) < 4.78 is 16.5. The molecule has 1 atom stereocenters. The van der Waals surface area contributed by atoms with Crippen molar-refractivity contribution in [2.24, 2.45) is 0 Å². The third-order valence-electron chi connectivity index (χ3n) is 3.60. The van der Waals surface area contributed by atoms with E-state index in [-0.39, 0.29) is 5.60 Å². The first kappa shape index (κ1) is 20.7. The van der Waals surface area contributed by atoms with Crippen LogP contribution in [0.15, 0.2) is 18.2 Å². The molecule has 1 N–H and O–H groups in total. The van der Waals surface area contributed by atoms with Crippen molar-refractivity contribution in [3.05, 3.63) is 23.8 Å². The molecule has 138 valence electrons. The zero-order valence-corrected chi connectivity index (χ0v) is 16.0.